The number of nitrogens with one attached hydrogen (secondary N) is 1. The predicted molar refractivity (Wildman–Crippen MR) is 135 cm³/mol. The van der Waals surface area contributed by atoms with Gasteiger partial charge in [0.1, 0.15) is 10.6 Å². The van der Waals surface area contributed by atoms with E-state index in [9.17, 15) is 26.4 Å². The van der Waals surface area contributed by atoms with Crippen molar-refractivity contribution in [3.63, 3.8) is 0 Å². The second-order valence-corrected chi connectivity index (χ2v) is 10.3. The molecule has 1 saturated heterocycles. The van der Waals surface area contributed by atoms with Crippen molar-refractivity contribution >= 4 is 38.9 Å². The first-order valence-corrected chi connectivity index (χ1v) is 13.0. The number of para-hydroxylation sites is 2. The van der Waals surface area contributed by atoms with E-state index in [1.165, 1.54) is 24.3 Å². The van der Waals surface area contributed by atoms with Crippen LogP contribution in [-0.2, 0) is 16.2 Å². The first kappa shape index (κ1) is 26.6. The Balaban J connectivity index is 1.42. The van der Waals surface area contributed by atoms with Crippen LogP contribution in [0.3, 0.4) is 0 Å². The van der Waals surface area contributed by atoms with Crippen LogP contribution in [0.1, 0.15) is 15.9 Å². The van der Waals surface area contributed by atoms with Gasteiger partial charge < -0.3 is 14.5 Å². The van der Waals surface area contributed by atoms with Gasteiger partial charge in [-0.3, -0.25) is 9.52 Å². The number of carbonyl (C=O) groups excluding carboxylic acids is 1. The summed E-state index contributed by atoms with van der Waals surface area (Å²) in [6, 6.07) is 15.4. The lowest BCUT2D eigenvalue weighted by Crippen LogP contribution is -2.48. The number of hydrogen-bond acceptors (Lipinski definition) is 5. The summed E-state index contributed by atoms with van der Waals surface area (Å²) in [4.78, 5) is 16.1. The van der Waals surface area contributed by atoms with Crippen LogP contribution in [-0.4, -0.2) is 52.5 Å². The zero-order valence-electron chi connectivity index (χ0n) is 19.6. The monoisotopic (exact) mass is 553 g/mol. The second-order valence-electron chi connectivity index (χ2n) is 8.28. The van der Waals surface area contributed by atoms with Crippen molar-refractivity contribution in [3.8, 4) is 5.75 Å². The Morgan fingerprint density at radius 2 is 1.62 bits per heavy atom. The molecule has 0 aliphatic carbocycles. The molecule has 196 valence electrons. The highest BCUT2D eigenvalue weighted by Gasteiger charge is 2.33. The maximum absolute atomic E-state index is 13.0. The van der Waals surface area contributed by atoms with Crippen molar-refractivity contribution in [1.82, 2.24) is 4.90 Å². The van der Waals surface area contributed by atoms with E-state index < -0.39 is 26.7 Å². The van der Waals surface area contributed by atoms with Crippen molar-refractivity contribution < 1.29 is 31.1 Å². The van der Waals surface area contributed by atoms with Crippen molar-refractivity contribution in [1.29, 1.82) is 0 Å². The Morgan fingerprint density at radius 3 is 2.24 bits per heavy atom. The minimum absolute atomic E-state index is 0.0750. The zero-order chi connectivity index (χ0) is 26.8. The fraction of sp³-hybridized carbons (Fsp3) is 0.240. The Morgan fingerprint density at radius 1 is 0.973 bits per heavy atom. The largest absolute Gasteiger partial charge is 0.495 e. The Kier molecular flexibility index (Phi) is 7.56. The fourth-order valence-corrected chi connectivity index (χ4v) is 5.59. The Bertz CT molecular complexity index is 1390. The summed E-state index contributed by atoms with van der Waals surface area (Å²) >= 11 is 5.87. The molecule has 3 aromatic carbocycles. The molecule has 1 aliphatic rings. The van der Waals surface area contributed by atoms with Crippen LogP contribution in [0.4, 0.5) is 24.5 Å². The van der Waals surface area contributed by atoms with Gasteiger partial charge in [0.15, 0.2) is 0 Å². The molecule has 0 aromatic heterocycles. The van der Waals surface area contributed by atoms with Gasteiger partial charge in [0.25, 0.3) is 15.9 Å². The van der Waals surface area contributed by atoms with E-state index in [-0.39, 0.29) is 16.6 Å². The second kappa shape index (κ2) is 10.5. The third-order valence-electron chi connectivity index (χ3n) is 5.92. The van der Waals surface area contributed by atoms with Gasteiger partial charge in [0.2, 0.25) is 0 Å². The van der Waals surface area contributed by atoms with E-state index in [1.54, 1.807) is 12.0 Å². The average molecular weight is 554 g/mol. The number of rotatable bonds is 6. The summed E-state index contributed by atoms with van der Waals surface area (Å²) in [7, 11) is -2.80. The maximum atomic E-state index is 13.0. The van der Waals surface area contributed by atoms with Crippen molar-refractivity contribution in [2.75, 3.05) is 42.9 Å². The molecule has 12 heteroatoms. The highest BCUT2D eigenvalue weighted by atomic mass is 35.5. The van der Waals surface area contributed by atoms with Gasteiger partial charge in [-0.25, -0.2) is 8.42 Å². The third-order valence-corrected chi connectivity index (χ3v) is 7.79. The number of piperazine rings is 1. The molecule has 37 heavy (non-hydrogen) atoms. The van der Waals surface area contributed by atoms with E-state index in [2.05, 4.69) is 9.62 Å². The highest BCUT2D eigenvalue weighted by molar-refractivity contribution is 7.92. The van der Waals surface area contributed by atoms with Crippen LogP contribution in [0, 0.1) is 0 Å². The molecule has 0 saturated carbocycles. The van der Waals surface area contributed by atoms with Gasteiger partial charge in [-0.1, -0.05) is 23.7 Å². The van der Waals surface area contributed by atoms with Gasteiger partial charge in [-0.15, -0.1) is 0 Å². The average Bonchev–Trinajstić information content (AvgIpc) is 2.88. The number of hydrogen-bond donors (Lipinski definition) is 1. The standard InChI is InChI=1S/C25H23ClF3N3O4S/c1-36-22-5-3-2-4-21(22)31-12-14-32(15-13-31)24(33)17-6-9-19(10-7-17)30-37(34,35)23-16-18(25(27,28)29)8-11-20(23)26/h2-11,16,30H,12-15H2,1H3. The summed E-state index contributed by atoms with van der Waals surface area (Å²) in [5.41, 5.74) is 0.246. The lowest BCUT2D eigenvalue weighted by molar-refractivity contribution is -0.137. The number of sulfonamides is 1. The van der Waals surface area contributed by atoms with Gasteiger partial charge in [-0.2, -0.15) is 13.2 Å². The molecule has 7 nitrogen and oxygen atoms in total. The number of amides is 1. The molecule has 0 bridgehead atoms. The van der Waals surface area contributed by atoms with Crippen LogP contribution in [0.5, 0.6) is 5.75 Å². The normalized spacial score (nSPS) is 14.4. The summed E-state index contributed by atoms with van der Waals surface area (Å²) in [5.74, 6) is 0.543. The smallest absolute Gasteiger partial charge is 0.416 e. The number of benzene rings is 3. The Labute approximate surface area is 217 Å². The minimum Gasteiger partial charge on any atom is -0.495 e. The SMILES string of the molecule is COc1ccccc1N1CCN(C(=O)c2ccc(NS(=O)(=O)c3cc(C(F)(F)F)ccc3Cl)cc2)CC1. The van der Waals surface area contributed by atoms with E-state index in [0.717, 1.165) is 17.5 Å². The summed E-state index contributed by atoms with van der Waals surface area (Å²) < 4.78 is 72.1. The number of carbonyl (C=O) groups is 1. The molecule has 0 atom stereocenters. The van der Waals surface area contributed by atoms with E-state index in [4.69, 9.17) is 16.3 Å². The quantitative estimate of drug-likeness (QED) is 0.458. The summed E-state index contributed by atoms with van der Waals surface area (Å²) in [5, 5.41) is -0.348. The lowest BCUT2D eigenvalue weighted by atomic mass is 10.1. The number of ether oxygens (including phenoxy) is 1. The van der Waals surface area contributed by atoms with Crippen LogP contribution >= 0.6 is 11.6 Å². The number of anilines is 2. The third kappa shape index (κ3) is 5.94. The summed E-state index contributed by atoms with van der Waals surface area (Å²) in [6.45, 7) is 2.20. The highest BCUT2D eigenvalue weighted by Crippen LogP contribution is 2.34. The molecule has 0 radical (unpaired) electrons. The molecule has 1 N–H and O–H groups in total. The number of alkyl halides is 3. The molecule has 1 fully saturated rings. The van der Waals surface area contributed by atoms with Gasteiger partial charge in [0.05, 0.1) is 23.4 Å². The zero-order valence-corrected chi connectivity index (χ0v) is 21.2. The molecule has 4 rings (SSSR count). The molecule has 0 unspecified atom stereocenters. The topological polar surface area (TPSA) is 79.0 Å². The molecular formula is C25H23ClF3N3O4S. The van der Waals surface area contributed by atoms with Crippen LogP contribution < -0.4 is 14.4 Å². The molecule has 0 spiro atoms. The van der Waals surface area contributed by atoms with Crippen LogP contribution in [0.2, 0.25) is 5.02 Å². The van der Waals surface area contributed by atoms with E-state index in [0.29, 0.717) is 43.9 Å². The van der Waals surface area contributed by atoms with Gasteiger partial charge >= 0.3 is 6.18 Å². The predicted octanol–water partition coefficient (Wildman–Crippen LogP) is 5.13. The van der Waals surface area contributed by atoms with Crippen LogP contribution in [0.25, 0.3) is 0 Å². The number of methoxy groups -OCH3 is 1. The maximum Gasteiger partial charge on any atom is 0.416 e. The molecule has 1 amide bonds. The van der Waals surface area contributed by atoms with Crippen molar-refractivity contribution in [2.45, 2.75) is 11.1 Å². The lowest BCUT2D eigenvalue weighted by Gasteiger charge is -2.36. The fourth-order valence-electron chi connectivity index (χ4n) is 4.00. The minimum atomic E-state index is -4.73. The van der Waals surface area contributed by atoms with Crippen molar-refractivity contribution in [3.05, 3.63) is 82.9 Å². The van der Waals surface area contributed by atoms with Crippen molar-refractivity contribution in [2.24, 2.45) is 0 Å². The summed E-state index contributed by atoms with van der Waals surface area (Å²) in [6.07, 6.45) is -4.73. The van der Waals surface area contributed by atoms with Gasteiger partial charge in [-0.05, 0) is 54.6 Å². The first-order chi connectivity index (χ1) is 17.5. The van der Waals surface area contributed by atoms with E-state index in [1.807, 2.05) is 24.3 Å². The first-order valence-electron chi connectivity index (χ1n) is 11.2. The van der Waals surface area contributed by atoms with Gasteiger partial charge in [0, 0.05) is 37.4 Å². The number of halogens is 4. The van der Waals surface area contributed by atoms with E-state index >= 15 is 0 Å². The molecule has 1 aliphatic heterocycles. The number of nitrogens with zero attached hydrogens (tertiary/aromatic N) is 2. The Hall–Kier alpha value is -3.44. The molecular weight excluding hydrogens is 531 g/mol. The van der Waals surface area contributed by atoms with Crippen LogP contribution in [0.15, 0.2) is 71.6 Å². The molecule has 3 aromatic rings. The molecule has 1 heterocycles.